The molecule has 0 aliphatic rings. The molecule has 0 saturated heterocycles. The van der Waals surface area contributed by atoms with Gasteiger partial charge in [0.1, 0.15) is 5.82 Å². The first-order chi connectivity index (χ1) is 9.19. The number of nitrogens with zero attached hydrogens (tertiary/aromatic N) is 3. The van der Waals surface area contributed by atoms with Gasteiger partial charge in [-0.25, -0.2) is 0 Å². The van der Waals surface area contributed by atoms with E-state index in [1.165, 1.54) is 0 Å². The topological polar surface area (TPSA) is 67.4 Å². The van der Waals surface area contributed by atoms with E-state index < -0.39 is 0 Å². The van der Waals surface area contributed by atoms with Crippen LogP contribution in [0.5, 0.6) is 0 Å². The summed E-state index contributed by atoms with van der Waals surface area (Å²) in [6.07, 6.45) is 1.02. The quantitative estimate of drug-likeness (QED) is 0.720. The summed E-state index contributed by atoms with van der Waals surface area (Å²) < 4.78 is 5.21. The number of hydrogen-bond donors (Lipinski definition) is 1. The number of ether oxygens (including phenoxy) is 1. The highest BCUT2D eigenvalue weighted by Gasteiger charge is 2.13. The smallest absolute Gasteiger partial charge is 0.274 e. The number of nitrogens with one attached hydrogen (secondary N) is 1. The van der Waals surface area contributed by atoms with Crippen molar-refractivity contribution < 1.29 is 9.53 Å². The predicted octanol–water partition coefficient (Wildman–Crippen LogP) is 1.41. The van der Waals surface area contributed by atoms with Crippen molar-refractivity contribution in [3.63, 3.8) is 0 Å². The minimum absolute atomic E-state index is 0.144. The van der Waals surface area contributed by atoms with Crippen LogP contribution in [0.4, 0.5) is 5.82 Å². The molecule has 0 radical (unpaired) electrons. The van der Waals surface area contributed by atoms with Gasteiger partial charge in [-0.2, -0.15) is 0 Å². The van der Waals surface area contributed by atoms with Crippen LogP contribution in [0.15, 0.2) is 12.1 Å². The van der Waals surface area contributed by atoms with Crippen LogP contribution < -0.4 is 5.32 Å². The number of carbonyl (C=O) groups is 1. The molecule has 0 saturated carbocycles. The Morgan fingerprint density at radius 1 is 1.37 bits per heavy atom. The summed E-state index contributed by atoms with van der Waals surface area (Å²) in [5, 5.41) is 11.0. The molecule has 0 fully saturated rings. The molecule has 1 heterocycles. The summed E-state index contributed by atoms with van der Waals surface area (Å²) in [5.74, 6) is 0.546. The van der Waals surface area contributed by atoms with Gasteiger partial charge in [0.05, 0.1) is 6.61 Å². The van der Waals surface area contributed by atoms with Crippen molar-refractivity contribution in [2.24, 2.45) is 0 Å². The van der Waals surface area contributed by atoms with E-state index in [1.54, 1.807) is 24.1 Å². The average molecular weight is 266 g/mol. The summed E-state index contributed by atoms with van der Waals surface area (Å²) in [4.78, 5) is 13.6. The van der Waals surface area contributed by atoms with Gasteiger partial charge in [0, 0.05) is 26.7 Å². The largest absolute Gasteiger partial charge is 0.380 e. The summed E-state index contributed by atoms with van der Waals surface area (Å²) >= 11 is 0. The molecule has 1 aromatic rings. The van der Waals surface area contributed by atoms with Gasteiger partial charge >= 0.3 is 0 Å². The highest BCUT2D eigenvalue weighted by molar-refractivity contribution is 5.92. The van der Waals surface area contributed by atoms with Gasteiger partial charge in [0.25, 0.3) is 5.91 Å². The number of anilines is 1. The molecule has 0 unspecified atom stereocenters. The first kappa shape index (κ1) is 15.4. The van der Waals surface area contributed by atoms with Crippen molar-refractivity contribution in [1.82, 2.24) is 15.1 Å². The maximum Gasteiger partial charge on any atom is 0.274 e. The van der Waals surface area contributed by atoms with Crippen molar-refractivity contribution in [2.75, 3.05) is 38.7 Å². The normalized spacial score (nSPS) is 10.3. The fourth-order valence-corrected chi connectivity index (χ4v) is 1.44. The molecule has 1 rings (SSSR count). The Kier molecular flexibility index (Phi) is 6.81. The highest BCUT2D eigenvalue weighted by atomic mass is 16.5. The van der Waals surface area contributed by atoms with E-state index in [-0.39, 0.29) is 5.91 Å². The Labute approximate surface area is 114 Å². The zero-order valence-corrected chi connectivity index (χ0v) is 11.8. The van der Waals surface area contributed by atoms with E-state index in [9.17, 15) is 4.79 Å². The zero-order chi connectivity index (χ0) is 14.1. The number of hydrogen-bond acceptors (Lipinski definition) is 5. The summed E-state index contributed by atoms with van der Waals surface area (Å²) in [7, 11) is 1.73. The van der Waals surface area contributed by atoms with Gasteiger partial charge in [-0.05, 0) is 25.5 Å². The predicted molar refractivity (Wildman–Crippen MR) is 74.3 cm³/mol. The third-order valence-electron chi connectivity index (χ3n) is 2.56. The number of rotatable bonds is 8. The van der Waals surface area contributed by atoms with Gasteiger partial charge in [-0.15, -0.1) is 10.2 Å². The molecule has 0 spiro atoms. The van der Waals surface area contributed by atoms with Crippen LogP contribution in [0.3, 0.4) is 0 Å². The van der Waals surface area contributed by atoms with Crippen molar-refractivity contribution in [3.8, 4) is 0 Å². The maximum absolute atomic E-state index is 12.0. The molecule has 1 amide bonds. The Hall–Kier alpha value is -1.69. The third kappa shape index (κ3) is 5.21. The first-order valence-corrected chi connectivity index (χ1v) is 6.59. The number of likely N-dealkylation sites (N-methyl/N-ethyl adjacent to an activating group) is 1. The fraction of sp³-hybridized carbons (Fsp3) is 0.615. The van der Waals surface area contributed by atoms with Crippen molar-refractivity contribution in [3.05, 3.63) is 17.8 Å². The SMILES string of the molecule is CCCNc1ccc(C(=O)N(C)CCOCC)nn1. The standard InChI is InChI=1S/C13H22N4O2/c1-4-8-14-12-7-6-11(15-16-12)13(18)17(3)9-10-19-5-2/h6-7H,4-5,8-10H2,1-3H3,(H,14,16). The lowest BCUT2D eigenvalue weighted by Crippen LogP contribution is -2.31. The lowest BCUT2D eigenvalue weighted by Gasteiger charge is -2.16. The number of carbonyl (C=O) groups excluding carboxylic acids is 1. The molecule has 0 aliphatic carbocycles. The lowest BCUT2D eigenvalue weighted by molar-refractivity contribution is 0.0703. The third-order valence-corrected chi connectivity index (χ3v) is 2.56. The molecule has 106 valence electrons. The van der Waals surface area contributed by atoms with Crippen LogP contribution in [-0.2, 0) is 4.74 Å². The molecular formula is C13H22N4O2. The summed E-state index contributed by atoms with van der Waals surface area (Å²) in [5.41, 5.74) is 0.348. The molecule has 0 bridgehead atoms. The highest BCUT2D eigenvalue weighted by Crippen LogP contribution is 2.04. The Morgan fingerprint density at radius 3 is 2.74 bits per heavy atom. The monoisotopic (exact) mass is 266 g/mol. The van der Waals surface area contributed by atoms with Crippen molar-refractivity contribution >= 4 is 11.7 Å². The maximum atomic E-state index is 12.0. The molecule has 6 nitrogen and oxygen atoms in total. The molecular weight excluding hydrogens is 244 g/mol. The minimum atomic E-state index is -0.144. The Morgan fingerprint density at radius 2 is 2.16 bits per heavy atom. The van der Waals surface area contributed by atoms with E-state index >= 15 is 0 Å². The van der Waals surface area contributed by atoms with Gasteiger partial charge in [-0.3, -0.25) is 4.79 Å². The van der Waals surface area contributed by atoms with Crippen LogP contribution in [0.25, 0.3) is 0 Å². The van der Waals surface area contributed by atoms with E-state index in [2.05, 4.69) is 22.4 Å². The van der Waals surface area contributed by atoms with E-state index in [1.807, 2.05) is 6.92 Å². The molecule has 1 N–H and O–H groups in total. The van der Waals surface area contributed by atoms with Crippen LogP contribution in [-0.4, -0.2) is 54.4 Å². The minimum Gasteiger partial charge on any atom is -0.380 e. The van der Waals surface area contributed by atoms with Crippen LogP contribution >= 0.6 is 0 Å². The zero-order valence-electron chi connectivity index (χ0n) is 11.8. The first-order valence-electron chi connectivity index (χ1n) is 6.59. The van der Waals surface area contributed by atoms with E-state index in [0.717, 1.165) is 13.0 Å². The molecule has 19 heavy (non-hydrogen) atoms. The van der Waals surface area contributed by atoms with E-state index in [4.69, 9.17) is 4.74 Å². The van der Waals surface area contributed by atoms with Gasteiger partial charge in [0.2, 0.25) is 0 Å². The number of amides is 1. The Balaban J connectivity index is 2.52. The van der Waals surface area contributed by atoms with Gasteiger partial charge in [-0.1, -0.05) is 6.92 Å². The van der Waals surface area contributed by atoms with E-state index in [0.29, 0.717) is 31.3 Å². The van der Waals surface area contributed by atoms with Gasteiger partial charge in [0.15, 0.2) is 5.69 Å². The fourth-order valence-electron chi connectivity index (χ4n) is 1.44. The van der Waals surface area contributed by atoms with Gasteiger partial charge < -0.3 is 15.0 Å². The van der Waals surface area contributed by atoms with Crippen molar-refractivity contribution in [2.45, 2.75) is 20.3 Å². The molecule has 6 heteroatoms. The van der Waals surface area contributed by atoms with Crippen LogP contribution in [0, 0.1) is 0 Å². The second-order valence-electron chi connectivity index (χ2n) is 4.15. The second-order valence-corrected chi connectivity index (χ2v) is 4.15. The molecule has 1 aromatic heterocycles. The Bertz CT molecular complexity index is 381. The second kappa shape index (κ2) is 8.42. The van der Waals surface area contributed by atoms with Crippen LogP contribution in [0.1, 0.15) is 30.8 Å². The molecule has 0 atom stereocenters. The average Bonchev–Trinajstić information content (AvgIpc) is 2.45. The van der Waals surface area contributed by atoms with Crippen molar-refractivity contribution in [1.29, 1.82) is 0 Å². The lowest BCUT2D eigenvalue weighted by atomic mass is 10.3. The van der Waals surface area contributed by atoms with Crippen LogP contribution in [0.2, 0.25) is 0 Å². The molecule has 0 aromatic carbocycles. The number of aromatic nitrogens is 2. The molecule has 0 aliphatic heterocycles. The summed E-state index contributed by atoms with van der Waals surface area (Å²) in [6, 6.07) is 3.46. The summed E-state index contributed by atoms with van der Waals surface area (Å²) in [6.45, 7) is 6.57.